The van der Waals surface area contributed by atoms with Crippen molar-refractivity contribution in [1.29, 1.82) is 0 Å². The van der Waals surface area contributed by atoms with Crippen LogP contribution >= 0.6 is 0 Å². The molecule has 0 aliphatic rings. The van der Waals surface area contributed by atoms with E-state index in [2.05, 4.69) is 37.9 Å². The average molecular weight is 266 g/mol. The van der Waals surface area contributed by atoms with Crippen LogP contribution < -0.4 is 10.2 Å². The van der Waals surface area contributed by atoms with Gasteiger partial charge >= 0.3 is 0 Å². The molecule has 0 saturated carbocycles. The van der Waals surface area contributed by atoms with Crippen LogP contribution in [0.1, 0.15) is 52.1 Å². The highest BCUT2D eigenvalue weighted by Crippen LogP contribution is 2.24. The Labute approximate surface area is 117 Å². The minimum atomic E-state index is -0.107. The summed E-state index contributed by atoms with van der Waals surface area (Å²) in [6, 6.07) is 5.81. The molecule has 0 aliphatic heterocycles. The summed E-state index contributed by atoms with van der Waals surface area (Å²) in [7, 11) is 0. The Kier molecular flexibility index (Phi) is 6.85. The molecule has 108 valence electrons. The zero-order chi connectivity index (χ0) is 14.3. The minimum absolute atomic E-state index is 0.107. The molecule has 1 rings (SSSR count). The topological polar surface area (TPSA) is 15.3 Å². The van der Waals surface area contributed by atoms with Gasteiger partial charge in [-0.2, -0.15) is 0 Å². The monoisotopic (exact) mass is 266 g/mol. The summed E-state index contributed by atoms with van der Waals surface area (Å²) in [6.45, 7) is 11.1. The van der Waals surface area contributed by atoms with E-state index >= 15 is 0 Å². The maximum atomic E-state index is 14.3. The molecule has 0 fully saturated rings. The van der Waals surface area contributed by atoms with Crippen molar-refractivity contribution in [3.05, 3.63) is 29.6 Å². The number of halogens is 1. The molecule has 1 unspecified atom stereocenters. The fraction of sp³-hybridized carbons (Fsp3) is 0.625. The highest BCUT2D eigenvalue weighted by Gasteiger charge is 2.12. The van der Waals surface area contributed by atoms with Gasteiger partial charge < -0.3 is 10.2 Å². The van der Waals surface area contributed by atoms with Crippen molar-refractivity contribution in [1.82, 2.24) is 5.32 Å². The van der Waals surface area contributed by atoms with Gasteiger partial charge in [0.25, 0.3) is 0 Å². The number of nitrogens with one attached hydrogen (secondary N) is 1. The summed E-state index contributed by atoms with van der Waals surface area (Å²) in [5.74, 6) is -0.107. The number of nitrogens with zero attached hydrogens (tertiary/aromatic N) is 1. The summed E-state index contributed by atoms with van der Waals surface area (Å²) >= 11 is 0. The van der Waals surface area contributed by atoms with Gasteiger partial charge in [-0.25, -0.2) is 4.39 Å². The SMILES string of the molecule is CCCN(CCC)c1ccc(C(C)NCC)cc1F. The molecule has 0 aliphatic carbocycles. The van der Waals surface area contributed by atoms with E-state index < -0.39 is 0 Å². The van der Waals surface area contributed by atoms with Crippen molar-refractivity contribution in [3.8, 4) is 0 Å². The number of rotatable bonds is 8. The Morgan fingerprint density at radius 1 is 1.16 bits per heavy atom. The van der Waals surface area contributed by atoms with Crippen LogP contribution in [0.3, 0.4) is 0 Å². The largest absolute Gasteiger partial charge is 0.369 e. The van der Waals surface area contributed by atoms with Gasteiger partial charge in [-0.3, -0.25) is 0 Å². The first-order chi connectivity index (χ1) is 9.13. The second-order valence-corrected chi connectivity index (χ2v) is 4.98. The van der Waals surface area contributed by atoms with E-state index in [9.17, 15) is 4.39 Å². The molecule has 0 radical (unpaired) electrons. The molecule has 3 heteroatoms. The second-order valence-electron chi connectivity index (χ2n) is 4.98. The van der Waals surface area contributed by atoms with Gasteiger partial charge in [0.15, 0.2) is 0 Å². The molecule has 2 nitrogen and oxygen atoms in total. The van der Waals surface area contributed by atoms with Crippen LogP contribution in [0.15, 0.2) is 18.2 Å². The lowest BCUT2D eigenvalue weighted by Gasteiger charge is -2.25. The highest BCUT2D eigenvalue weighted by molar-refractivity contribution is 5.49. The van der Waals surface area contributed by atoms with E-state index in [0.29, 0.717) is 0 Å². The first-order valence-electron chi connectivity index (χ1n) is 7.41. The first kappa shape index (κ1) is 16.0. The van der Waals surface area contributed by atoms with Gasteiger partial charge in [-0.1, -0.05) is 26.8 Å². The third-order valence-corrected chi connectivity index (χ3v) is 3.31. The molecule has 1 aromatic rings. The van der Waals surface area contributed by atoms with Crippen molar-refractivity contribution >= 4 is 5.69 Å². The number of anilines is 1. The van der Waals surface area contributed by atoms with Crippen molar-refractivity contribution in [3.63, 3.8) is 0 Å². The predicted molar refractivity (Wildman–Crippen MR) is 81.3 cm³/mol. The summed E-state index contributed by atoms with van der Waals surface area (Å²) in [4.78, 5) is 2.14. The van der Waals surface area contributed by atoms with E-state index in [0.717, 1.165) is 43.7 Å². The number of hydrogen-bond donors (Lipinski definition) is 1. The van der Waals surface area contributed by atoms with Crippen molar-refractivity contribution in [2.45, 2.75) is 46.6 Å². The zero-order valence-corrected chi connectivity index (χ0v) is 12.7. The van der Waals surface area contributed by atoms with Crippen LogP contribution in [0.4, 0.5) is 10.1 Å². The standard InChI is InChI=1S/C16H27FN2/c1-5-10-19(11-6-2)16-9-8-14(12-15(16)17)13(4)18-7-3/h8-9,12-13,18H,5-7,10-11H2,1-4H3. The van der Waals surface area contributed by atoms with E-state index in [1.165, 1.54) is 0 Å². The van der Waals surface area contributed by atoms with Gasteiger partial charge in [0.1, 0.15) is 5.82 Å². The number of hydrogen-bond acceptors (Lipinski definition) is 2. The van der Waals surface area contributed by atoms with Crippen molar-refractivity contribution in [2.75, 3.05) is 24.5 Å². The molecule has 1 atom stereocenters. The molecule has 0 heterocycles. The molecular formula is C16H27FN2. The average Bonchev–Trinajstić information content (AvgIpc) is 2.39. The lowest BCUT2D eigenvalue weighted by Crippen LogP contribution is -2.26. The predicted octanol–water partition coefficient (Wildman–Crippen LogP) is 4.12. The molecule has 0 amide bonds. The number of benzene rings is 1. The second kappa shape index (κ2) is 8.16. The molecule has 0 saturated heterocycles. The van der Waals surface area contributed by atoms with Gasteiger partial charge in [-0.15, -0.1) is 0 Å². The molecule has 1 aromatic carbocycles. The van der Waals surface area contributed by atoms with Crippen LogP contribution in [0, 0.1) is 5.82 Å². The smallest absolute Gasteiger partial charge is 0.146 e. The van der Waals surface area contributed by atoms with Crippen LogP contribution in [-0.2, 0) is 0 Å². The van der Waals surface area contributed by atoms with E-state index in [1.54, 1.807) is 6.07 Å². The molecule has 1 N–H and O–H groups in total. The third-order valence-electron chi connectivity index (χ3n) is 3.31. The third kappa shape index (κ3) is 4.50. The van der Waals surface area contributed by atoms with Crippen molar-refractivity contribution in [2.24, 2.45) is 0 Å². The van der Waals surface area contributed by atoms with E-state index in [-0.39, 0.29) is 11.9 Å². The van der Waals surface area contributed by atoms with Gasteiger partial charge in [-0.05, 0) is 44.0 Å². The maximum absolute atomic E-state index is 14.3. The summed E-state index contributed by atoms with van der Waals surface area (Å²) in [5.41, 5.74) is 1.74. The van der Waals surface area contributed by atoms with E-state index in [1.807, 2.05) is 12.1 Å². The Morgan fingerprint density at radius 2 is 1.79 bits per heavy atom. The Hall–Kier alpha value is -1.09. The summed E-state index contributed by atoms with van der Waals surface area (Å²) < 4.78 is 14.3. The lowest BCUT2D eigenvalue weighted by molar-refractivity contribution is 0.579. The van der Waals surface area contributed by atoms with Gasteiger partial charge in [0.2, 0.25) is 0 Å². The zero-order valence-electron chi connectivity index (χ0n) is 12.7. The van der Waals surface area contributed by atoms with Crippen LogP contribution in [-0.4, -0.2) is 19.6 Å². The maximum Gasteiger partial charge on any atom is 0.146 e. The van der Waals surface area contributed by atoms with Crippen molar-refractivity contribution < 1.29 is 4.39 Å². The fourth-order valence-electron chi connectivity index (χ4n) is 2.37. The quantitative estimate of drug-likeness (QED) is 0.761. The molecule has 0 bridgehead atoms. The van der Waals surface area contributed by atoms with Crippen LogP contribution in [0.5, 0.6) is 0 Å². The Morgan fingerprint density at radius 3 is 2.26 bits per heavy atom. The molecule has 19 heavy (non-hydrogen) atoms. The molecule has 0 aromatic heterocycles. The molecule has 0 spiro atoms. The van der Waals surface area contributed by atoms with Gasteiger partial charge in [0, 0.05) is 19.1 Å². The highest BCUT2D eigenvalue weighted by atomic mass is 19.1. The van der Waals surface area contributed by atoms with E-state index in [4.69, 9.17) is 0 Å². The minimum Gasteiger partial charge on any atom is -0.369 e. The Balaban J connectivity index is 2.91. The van der Waals surface area contributed by atoms with Crippen LogP contribution in [0.2, 0.25) is 0 Å². The normalized spacial score (nSPS) is 12.5. The van der Waals surface area contributed by atoms with Crippen LogP contribution in [0.25, 0.3) is 0 Å². The Bertz CT molecular complexity index is 373. The first-order valence-corrected chi connectivity index (χ1v) is 7.41. The van der Waals surface area contributed by atoms with Gasteiger partial charge in [0.05, 0.1) is 5.69 Å². The summed E-state index contributed by atoms with van der Waals surface area (Å²) in [6.07, 6.45) is 2.07. The lowest BCUT2D eigenvalue weighted by atomic mass is 10.1. The summed E-state index contributed by atoms with van der Waals surface area (Å²) in [5, 5.41) is 3.31. The fourth-order valence-corrected chi connectivity index (χ4v) is 2.37. The molecular weight excluding hydrogens is 239 g/mol.